The molecule has 0 unspecified atom stereocenters. The molecule has 2 N–H and O–H groups in total. The molecular formula is C11H12FN3. The van der Waals surface area contributed by atoms with Crippen LogP contribution < -0.4 is 5.73 Å². The third kappa shape index (κ3) is 1.58. The number of nitrogen functional groups attached to an aromatic ring is 1. The summed E-state index contributed by atoms with van der Waals surface area (Å²) in [7, 11) is 1.83. The van der Waals surface area contributed by atoms with E-state index in [1.54, 1.807) is 16.8 Å². The van der Waals surface area contributed by atoms with Crippen molar-refractivity contribution in [2.24, 2.45) is 7.05 Å². The molecule has 3 nitrogen and oxygen atoms in total. The zero-order valence-electron chi connectivity index (χ0n) is 8.66. The number of hydrogen-bond acceptors (Lipinski definition) is 2. The van der Waals surface area contributed by atoms with E-state index < -0.39 is 0 Å². The Labute approximate surface area is 87.3 Å². The number of benzene rings is 1. The Morgan fingerprint density at radius 1 is 1.27 bits per heavy atom. The highest BCUT2D eigenvalue weighted by Crippen LogP contribution is 2.28. The molecule has 0 spiro atoms. The van der Waals surface area contributed by atoms with Crippen molar-refractivity contribution in [2.45, 2.75) is 6.92 Å². The predicted octanol–water partition coefficient (Wildman–Crippen LogP) is 2.12. The molecule has 1 heterocycles. The van der Waals surface area contributed by atoms with Crippen molar-refractivity contribution in [2.75, 3.05) is 5.73 Å². The maximum atomic E-state index is 12.8. The molecule has 2 rings (SSSR count). The zero-order chi connectivity index (χ0) is 11.0. The standard InChI is InChI=1S/C11H12FN3/c1-7-10(11(13)14-15(7)2)8-3-5-9(12)6-4-8/h3-6H,1-2H3,(H2,13,14). The summed E-state index contributed by atoms with van der Waals surface area (Å²) in [5, 5.41) is 4.11. The van der Waals surface area contributed by atoms with Crippen LogP contribution in [-0.2, 0) is 7.05 Å². The number of nitrogens with zero attached hydrogens (tertiary/aromatic N) is 2. The van der Waals surface area contributed by atoms with E-state index in [1.807, 2.05) is 14.0 Å². The quantitative estimate of drug-likeness (QED) is 0.774. The first-order valence-electron chi connectivity index (χ1n) is 4.64. The van der Waals surface area contributed by atoms with Crippen LogP contribution in [0.1, 0.15) is 5.69 Å². The Morgan fingerprint density at radius 2 is 1.87 bits per heavy atom. The van der Waals surface area contributed by atoms with Crippen molar-refractivity contribution in [3.63, 3.8) is 0 Å². The molecule has 1 aromatic carbocycles. The lowest BCUT2D eigenvalue weighted by Gasteiger charge is -2.01. The highest BCUT2D eigenvalue weighted by Gasteiger charge is 2.11. The fourth-order valence-corrected chi connectivity index (χ4v) is 1.61. The SMILES string of the molecule is Cc1c(-c2ccc(F)cc2)c(N)nn1C. The fraction of sp³-hybridized carbons (Fsp3) is 0.182. The normalized spacial score (nSPS) is 10.6. The van der Waals surface area contributed by atoms with Crippen molar-refractivity contribution >= 4 is 5.82 Å². The summed E-state index contributed by atoms with van der Waals surface area (Å²) in [4.78, 5) is 0. The minimum Gasteiger partial charge on any atom is -0.382 e. The molecule has 0 aliphatic heterocycles. The number of rotatable bonds is 1. The molecule has 0 fully saturated rings. The largest absolute Gasteiger partial charge is 0.382 e. The van der Waals surface area contributed by atoms with E-state index in [0.29, 0.717) is 5.82 Å². The second kappa shape index (κ2) is 3.38. The highest BCUT2D eigenvalue weighted by atomic mass is 19.1. The Balaban J connectivity index is 2.58. The van der Waals surface area contributed by atoms with Gasteiger partial charge in [0.1, 0.15) is 5.82 Å². The van der Waals surface area contributed by atoms with Crippen LogP contribution in [0.4, 0.5) is 10.2 Å². The van der Waals surface area contributed by atoms with Crippen LogP contribution in [0.25, 0.3) is 11.1 Å². The van der Waals surface area contributed by atoms with Gasteiger partial charge in [0, 0.05) is 18.3 Å². The van der Waals surface area contributed by atoms with Gasteiger partial charge in [0.25, 0.3) is 0 Å². The number of hydrogen-bond donors (Lipinski definition) is 1. The first kappa shape index (κ1) is 9.71. The Hall–Kier alpha value is -1.84. The first-order valence-corrected chi connectivity index (χ1v) is 4.64. The molecule has 2 aromatic rings. The van der Waals surface area contributed by atoms with Gasteiger partial charge in [-0.15, -0.1) is 0 Å². The van der Waals surface area contributed by atoms with E-state index >= 15 is 0 Å². The maximum absolute atomic E-state index is 12.8. The van der Waals surface area contributed by atoms with Crippen molar-refractivity contribution in [3.8, 4) is 11.1 Å². The molecule has 0 saturated carbocycles. The predicted molar refractivity (Wildman–Crippen MR) is 57.8 cm³/mol. The molecule has 4 heteroatoms. The second-order valence-electron chi connectivity index (χ2n) is 3.48. The molecule has 0 saturated heterocycles. The number of anilines is 1. The summed E-state index contributed by atoms with van der Waals surface area (Å²) in [5.41, 5.74) is 8.52. The van der Waals surface area contributed by atoms with Crippen LogP contribution in [0.5, 0.6) is 0 Å². The smallest absolute Gasteiger partial charge is 0.153 e. The minimum atomic E-state index is -0.251. The molecule has 1 aromatic heterocycles. The van der Waals surface area contributed by atoms with Gasteiger partial charge in [-0.25, -0.2) is 4.39 Å². The van der Waals surface area contributed by atoms with Gasteiger partial charge >= 0.3 is 0 Å². The van der Waals surface area contributed by atoms with Crippen LogP contribution in [0.3, 0.4) is 0 Å². The average molecular weight is 205 g/mol. The van der Waals surface area contributed by atoms with E-state index in [0.717, 1.165) is 16.8 Å². The topological polar surface area (TPSA) is 43.8 Å². The molecule has 0 bridgehead atoms. The molecule has 0 aliphatic rings. The maximum Gasteiger partial charge on any atom is 0.153 e. The van der Waals surface area contributed by atoms with Gasteiger partial charge in [-0.3, -0.25) is 4.68 Å². The summed E-state index contributed by atoms with van der Waals surface area (Å²) in [6.45, 7) is 1.93. The lowest BCUT2D eigenvalue weighted by atomic mass is 10.1. The van der Waals surface area contributed by atoms with Crippen molar-refractivity contribution in [1.82, 2.24) is 9.78 Å². The van der Waals surface area contributed by atoms with Gasteiger partial charge in [0.15, 0.2) is 5.82 Å². The summed E-state index contributed by atoms with van der Waals surface area (Å²) in [5.74, 6) is 0.223. The molecule has 0 radical (unpaired) electrons. The van der Waals surface area contributed by atoms with Gasteiger partial charge in [-0.1, -0.05) is 12.1 Å². The summed E-state index contributed by atoms with van der Waals surface area (Å²) in [6.07, 6.45) is 0. The van der Waals surface area contributed by atoms with Crippen LogP contribution in [-0.4, -0.2) is 9.78 Å². The molecule has 78 valence electrons. The first-order chi connectivity index (χ1) is 7.09. The lowest BCUT2D eigenvalue weighted by Crippen LogP contribution is -1.93. The van der Waals surface area contributed by atoms with E-state index in [1.165, 1.54) is 12.1 Å². The molecule has 0 atom stereocenters. The van der Waals surface area contributed by atoms with E-state index in [2.05, 4.69) is 5.10 Å². The summed E-state index contributed by atoms with van der Waals surface area (Å²) < 4.78 is 14.5. The third-order valence-corrected chi connectivity index (χ3v) is 2.49. The van der Waals surface area contributed by atoms with Gasteiger partial charge in [0.2, 0.25) is 0 Å². The molecule has 0 aliphatic carbocycles. The second-order valence-corrected chi connectivity index (χ2v) is 3.48. The number of nitrogens with two attached hydrogens (primary N) is 1. The monoisotopic (exact) mass is 205 g/mol. The Kier molecular flexibility index (Phi) is 2.19. The number of aromatic nitrogens is 2. The van der Waals surface area contributed by atoms with E-state index in [9.17, 15) is 4.39 Å². The van der Waals surface area contributed by atoms with Gasteiger partial charge in [0.05, 0.1) is 0 Å². The van der Waals surface area contributed by atoms with Gasteiger partial charge in [-0.05, 0) is 24.6 Å². The van der Waals surface area contributed by atoms with Crippen LogP contribution >= 0.6 is 0 Å². The van der Waals surface area contributed by atoms with E-state index in [4.69, 9.17) is 5.73 Å². The highest BCUT2D eigenvalue weighted by molar-refractivity contribution is 5.76. The van der Waals surface area contributed by atoms with Gasteiger partial charge < -0.3 is 5.73 Å². The van der Waals surface area contributed by atoms with Crippen molar-refractivity contribution in [3.05, 3.63) is 35.8 Å². The number of halogens is 1. The minimum absolute atomic E-state index is 0.251. The zero-order valence-corrected chi connectivity index (χ0v) is 8.66. The van der Waals surface area contributed by atoms with E-state index in [-0.39, 0.29) is 5.82 Å². The van der Waals surface area contributed by atoms with Crippen LogP contribution in [0.2, 0.25) is 0 Å². The summed E-state index contributed by atoms with van der Waals surface area (Å²) in [6, 6.07) is 6.24. The van der Waals surface area contributed by atoms with Crippen molar-refractivity contribution in [1.29, 1.82) is 0 Å². The third-order valence-electron chi connectivity index (χ3n) is 2.49. The van der Waals surface area contributed by atoms with Crippen LogP contribution in [0.15, 0.2) is 24.3 Å². The molecule has 0 amide bonds. The van der Waals surface area contributed by atoms with Gasteiger partial charge in [-0.2, -0.15) is 5.10 Å². The van der Waals surface area contributed by atoms with Crippen molar-refractivity contribution < 1.29 is 4.39 Å². The molecular weight excluding hydrogens is 193 g/mol. The fourth-order valence-electron chi connectivity index (χ4n) is 1.61. The summed E-state index contributed by atoms with van der Waals surface area (Å²) >= 11 is 0. The molecule has 15 heavy (non-hydrogen) atoms. The lowest BCUT2D eigenvalue weighted by molar-refractivity contribution is 0.628. The Morgan fingerprint density at radius 3 is 2.33 bits per heavy atom. The van der Waals surface area contributed by atoms with Crippen LogP contribution in [0, 0.1) is 12.7 Å². The average Bonchev–Trinajstić information content (AvgIpc) is 2.44. The number of aryl methyl sites for hydroxylation is 1. The Bertz CT molecular complexity index is 485.